The minimum atomic E-state index is -1.02. The Hall–Kier alpha value is -1.30. The molecule has 0 saturated carbocycles. The zero-order chi connectivity index (χ0) is 16.6. The number of carbonyl (C=O) groups is 2. The van der Waals surface area contributed by atoms with Gasteiger partial charge in [0.1, 0.15) is 6.04 Å². The van der Waals surface area contributed by atoms with Gasteiger partial charge in [0, 0.05) is 19.7 Å². The molecule has 6 heteroatoms. The van der Waals surface area contributed by atoms with Gasteiger partial charge in [0.15, 0.2) is 0 Å². The van der Waals surface area contributed by atoms with E-state index in [2.05, 4.69) is 5.32 Å². The van der Waals surface area contributed by atoms with Gasteiger partial charge in [-0.2, -0.15) is 0 Å². The van der Waals surface area contributed by atoms with Crippen LogP contribution in [-0.4, -0.2) is 54.4 Å². The summed E-state index contributed by atoms with van der Waals surface area (Å²) in [6, 6.07) is -1.19. The molecule has 6 nitrogen and oxygen atoms in total. The number of rotatable bonds is 8. The van der Waals surface area contributed by atoms with Gasteiger partial charge in [0.2, 0.25) is 0 Å². The van der Waals surface area contributed by atoms with Crippen LogP contribution in [0.2, 0.25) is 0 Å². The van der Waals surface area contributed by atoms with E-state index < -0.39 is 17.4 Å². The van der Waals surface area contributed by atoms with E-state index in [4.69, 9.17) is 4.74 Å². The quantitative estimate of drug-likeness (QED) is 0.721. The summed E-state index contributed by atoms with van der Waals surface area (Å²) in [6.45, 7) is 10.3. The number of hydrogen-bond acceptors (Lipinski definition) is 3. The normalized spacial score (nSPS) is 13.1. The smallest absolute Gasteiger partial charge is 0.326 e. The number of ether oxygens (including phenoxy) is 1. The summed E-state index contributed by atoms with van der Waals surface area (Å²) in [5.41, 5.74) is -0.553. The third-order valence-electron chi connectivity index (χ3n) is 3.56. The van der Waals surface area contributed by atoms with Crippen LogP contribution >= 0.6 is 0 Å². The number of nitrogens with one attached hydrogen (secondary N) is 1. The highest BCUT2D eigenvalue weighted by molar-refractivity contribution is 5.83. The maximum Gasteiger partial charge on any atom is 0.326 e. The molecule has 0 fully saturated rings. The fourth-order valence-corrected chi connectivity index (χ4v) is 2.22. The van der Waals surface area contributed by atoms with Gasteiger partial charge in [-0.15, -0.1) is 0 Å². The van der Waals surface area contributed by atoms with Crippen molar-refractivity contribution in [3.8, 4) is 0 Å². The highest BCUT2D eigenvalue weighted by Crippen LogP contribution is 2.20. The third kappa shape index (κ3) is 6.33. The number of carboxylic acid groups (broad SMARTS) is 1. The molecule has 0 radical (unpaired) electrons. The van der Waals surface area contributed by atoms with Gasteiger partial charge in [0.25, 0.3) is 0 Å². The van der Waals surface area contributed by atoms with Crippen molar-refractivity contribution in [1.82, 2.24) is 10.2 Å². The minimum absolute atomic E-state index is 0.0783. The predicted octanol–water partition coefficient (Wildman–Crippen LogP) is 2.33. The van der Waals surface area contributed by atoms with Gasteiger partial charge >= 0.3 is 12.0 Å². The molecule has 1 atom stereocenters. The van der Waals surface area contributed by atoms with Crippen LogP contribution in [0.3, 0.4) is 0 Å². The molecule has 21 heavy (non-hydrogen) atoms. The number of amides is 2. The van der Waals surface area contributed by atoms with Crippen molar-refractivity contribution in [1.29, 1.82) is 0 Å². The Morgan fingerprint density at radius 1 is 1.24 bits per heavy atom. The van der Waals surface area contributed by atoms with Crippen molar-refractivity contribution < 1.29 is 19.4 Å². The van der Waals surface area contributed by atoms with Crippen LogP contribution in [0.1, 0.15) is 47.5 Å². The fourth-order valence-electron chi connectivity index (χ4n) is 2.22. The second-order valence-corrected chi connectivity index (χ2v) is 6.24. The Balaban J connectivity index is 5.05. The third-order valence-corrected chi connectivity index (χ3v) is 3.56. The summed E-state index contributed by atoms with van der Waals surface area (Å²) in [5.74, 6) is -1.02. The van der Waals surface area contributed by atoms with E-state index in [1.165, 1.54) is 0 Å². The molecule has 0 aromatic carbocycles. The highest BCUT2D eigenvalue weighted by atomic mass is 16.5. The average Bonchev–Trinajstić information content (AvgIpc) is 2.38. The van der Waals surface area contributed by atoms with E-state index in [0.29, 0.717) is 13.2 Å². The van der Waals surface area contributed by atoms with E-state index in [0.717, 1.165) is 12.8 Å². The Morgan fingerprint density at radius 3 is 2.10 bits per heavy atom. The highest BCUT2D eigenvalue weighted by Gasteiger charge is 2.34. The molecule has 2 N–H and O–H groups in total. The van der Waals surface area contributed by atoms with Crippen LogP contribution < -0.4 is 5.32 Å². The van der Waals surface area contributed by atoms with E-state index in [-0.39, 0.29) is 12.1 Å². The van der Waals surface area contributed by atoms with Gasteiger partial charge in [-0.05, 0) is 18.3 Å². The first kappa shape index (κ1) is 19.7. The summed E-state index contributed by atoms with van der Waals surface area (Å²) < 4.78 is 5.04. The SMILES string of the molecule is CCC(CC)N(CCOC)C(=O)N[C@@H](C(=O)O)C(C)(C)C. The van der Waals surface area contributed by atoms with Gasteiger partial charge < -0.3 is 20.1 Å². The fraction of sp³-hybridized carbons (Fsp3) is 0.867. The van der Waals surface area contributed by atoms with Crippen molar-refractivity contribution >= 4 is 12.0 Å². The molecule has 0 saturated heterocycles. The zero-order valence-corrected chi connectivity index (χ0v) is 14.1. The van der Waals surface area contributed by atoms with E-state index in [9.17, 15) is 14.7 Å². The van der Waals surface area contributed by atoms with Crippen LogP contribution in [0.25, 0.3) is 0 Å². The van der Waals surface area contributed by atoms with E-state index in [1.807, 2.05) is 13.8 Å². The summed E-state index contributed by atoms with van der Waals surface area (Å²) in [7, 11) is 1.58. The molecule has 0 heterocycles. The van der Waals surface area contributed by atoms with Gasteiger partial charge in [-0.3, -0.25) is 0 Å². The number of hydrogen-bond donors (Lipinski definition) is 2. The summed E-state index contributed by atoms with van der Waals surface area (Å²) in [6.07, 6.45) is 1.64. The molecule has 0 aromatic heterocycles. The topological polar surface area (TPSA) is 78.9 Å². The summed E-state index contributed by atoms with van der Waals surface area (Å²) >= 11 is 0. The zero-order valence-electron chi connectivity index (χ0n) is 14.1. The predicted molar refractivity (Wildman–Crippen MR) is 82.4 cm³/mol. The first-order valence-electron chi connectivity index (χ1n) is 7.47. The number of nitrogens with zero attached hydrogens (tertiary/aromatic N) is 1. The standard InChI is InChI=1S/C15H30N2O4/c1-7-11(8-2)17(9-10-21-6)14(20)16-12(13(18)19)15(3,4)5/h11-12H,7-10H2,1-6H3,(H,16,20)(H,18,19)/t12-/m0/s1. The van der Waals surface area contributed by atoms with Crippen LogP contribution in [0, 0.1) is 5.41 Å². The number of carbonyl (C=O) groups excluding carboxylic acids is 1. The van der Waals surface area contributed by atoms with Crippen molar-refractivity contribution in [3.63, 3.8) is 0 Å². The lowest BCUT2D eigenvalue weighted by Gasteiger charge is -2.34. The van der Waals surface area contributed by atoms with Crippen molar-refractivity contribution in [2.24, 2.45) is 5.41 Å². The van der Waals surface area contributed by atoms with E-state index in [1.54, 1.807) is 32.8 Å². The summed E-state index contributed by atoms with van der Waals surface area (Å²) in [4.78, 5) is 25.5. The van der Waals surface area contributed by atoms with Crippen LogP contribution in [0.4, 0.5) is 4.79 Å². The number of carboxylic acids is 1. The lowest BCUT2D eigenvalue weighted by Crippen LogP contribution is -2.55. The lowest BCUT2D eigenvalue weighted by atomic mass is 9.87. The molecule has 0 aliphatic heterocycles. The molecule has 0 spiro atoms. The first-order valence-corrected chi connectivity index (χ1v) is 7.47. The van der Waals surface area contributed by atoms with E-state index >= 15 is 0 Å². The average molecular weight is 302 g/mol. The largest absolute Gasteiger partial charge is 0.480 e. The molecular formula is C15H30N2O4. The molecule has 2 amide bonds. The Bertz CT molecular complexity index is 335. The number of urea groups is 1. The maximum absolute atomic E-state index is 12.5. The molecule has 0 aliphatic carbocycles. The Morgan fingerprint density at radius 2 is 1.76 bits per heavy atom. The number of methoxy groups -OCH3 is 1. The first-order chi connectivity index (χ1) is 9.68. The van der Waals surface area contributed by atoms with Gasteiger partial charge in [0.05, 0.1) is 6.61 Å². The van der Waals surface area contributed by atoms with Gasteiger partial charge in [-0.1, -0.05) is 34.6 Å². The number of aliphatic carboxylic acids is 1. The second kappa shape index (κ2) is 8.87. The maximum atomic E-state index is 12.5. The van der Waals surface area contributed by atoms with Gasteiger partial charge in [-0.25, -0.2) is 9.59 Å². The monoisotopic (exact) mass is 302 g/mol. The molecule has 0 aliphatic rings. The molecule has 0 rings (SSSR count). The van der Waals surface area contributed by atoms with Crippen molar-refractivity contribution in [2.45, 2.75) is 59.5 Å². The minimum Gasteiger partial charge on any atom is -0.480 e. The van der Waals surface area contributed by atoms with Crippen LogP contribution in [0.15, 0.2) is 0 Å². The van der Waals surface area contributed by atoms with Crippen molar-refractivity contribution in [3.05, 3.63) is 0 Å². The summed E-state index contributed by atoms with van der Waals surface area (Å²) in [5, 5.41) is 12.0. The second-order valence-electron chi connectivity index (χ2n) is 6.24. The molecular weight excluding hydrogens is 272 g/mol. The Labute approximate surface area is 127 Å². The lowest BCUT2D eigenvalue weighted by molar-refractivity contribution is -0.142. The Kier molecular flexibility index (Phi) is 8.32. The van der Waals surface area contributed by atoms with Crippen LogP contribution in [0.5, 0.6) is 0 Å². The molecule has 124 valence electrons. The van der Waals surface area contributed by atoms with Crippen LogP contribution in [-0.2, 0) is 9.53 Å². The molecule has 0 aromatic rings. The van der Waals surface area contributed by atoms with Crippen molar-refractivity contribution in [2.75, 3.05) is 20.3 Å². The molecule has 0 bridgehead atoms. The molecule has 0 unspecified atom stereocenters.